The van der Waals surface area contributed by atoms with Crippen LogP contribution in [-0.2, 0) is 4.79 Å². The van der Waals surface area contributed by atoms with Gasteiger partial charge in [0.25, 0.3) is 0 Å². The van der Waals surface area contributed by atoms with E-state index in [1.165, 1.54) is 0 Å². The normalized spacial score (nSPS) is 16.1. The highest BCUT2D eigenvalue weighted by molar-refractivity contribution is 6.30. The Morgan fingerprint density at radius 3 is 2.53 bits per heavy atom. The van der Waals surface area contributed by atoms with Crippen LogP contribution in [0.3, 0.4) is 0 Å². The lowest BCUT2D eigenvalue weighted by Crippen LogP contribution is -2.39. The van der Waals surface area contributed by atoms with Crippen LogP contribution in [0.25, 0.3) is 0 Å². The summed E-state index contributed by atoms with van der Waals surface area (Å²) in [4.78, 5) is 11.8. The second-order valence-corrected chi connectivity index (χ2v) is 4.87. The number of benzene rings is 1. The first-order chi connectivity index (χ1) is 7.91. The molecule has 0 aliphatic carbocycles. The number of carbonyl (C=O) groups is 1. The van der Waals surface area contributed by atoms with Crippen LogP contribution in [0.5, 0.6) is 0 Å². The summed E-state index contributed by atoms with van der Waals surface area (Å²) >= 11 is 5.91. The molecule has 1 amide bonds. The van der Waals surface area contributed by atoms with Crippen molar-refractivity contribution < 1.29 is 4.79 Å². The molecule has 0 saturated heterocycles. The van der Waals surface area contributed by atoms with Crippen molar-refractivity contribution in [1.82, 2.24) is 5.32 Å². The highest BCUT2D eigenvalue weighted by Gasteiger charge is 2.19. The minimum Gasteiger partial charge on any atom is -0.349 e. The fraction of sp³-hybridized carbons (Fsp3) is 0.462. The fourth-order valence-electron chi connectivity index (χ4n) is 1.44. The third-order valence-electron chi connectivity index (χ3n) is 2.91. The van der Waals surface area contributed by atoms with Gasteiger partial charge in [0.15, 0.2) is 0 Å². The molecule has 1 rings (SSSR count). The summed E-state index contributed by atoms with van der Waals surface area (Å²) in [5, 5.41) is 3.60. The molecule has 3 atom stereocenters. The monoisotopic (exact) mass is 254 g/mol. The third kappa shape index (κ3) is 4.02. The maximum Gasteiger partial charge on any atom is 0.224 e. The van der Waals surface area contributed by atoms with Gasteiger partial charge in [-0.2, -0.15) is 0 Å². The number of hydrogen-bond acceptors (Lipinski definition) is 2. The molecule has 0 aliphatic heterocycles. The lowest BCUT2D eigenvalue weighted by Gasteiger charge is -2.20. The van der Waals surface area contributed by atoms with Gasteiger partial charge in [0.2, 0.25) is 5.91 Å². The molecule has 0 spiro atoms. The van der Waals surface area contributed by atoms with Gasteiger partial charge in [-0.05, 0) is 31.5 Å². The molecular weight excluding hydrogens is 236 g/mol. The average Bonchev–Trinajstić information content (AvgIpc) is 2.27. The topological polar surface area (TPSA) is 55.1 Å². The fourth-order valence-corrected chi connectivity index (χ4v) is 1.64. The van der Waals surface area contributed by atoms with Crippen LogP contribution in [0.1, 0.15) is 32.4 Å². The van der Waals surface area contributed by atoms with Crippen LogP contribution in [0.2, 0.25) is 5.02 Å². The van der Waals surface area contributed by atoms with E-state index in [9.17, 15) is 4.79 Å². The Hall–Kier alpha value is -1.06. The third-order valence-corrected chi connectivity index (χ3v) is 3.14. The summed E-state index contributed by atoms with van der Waals surface area (Å²) in [5.41, 5.74) is 6.68. The van der Waals surface area contributed by atoms with Gasteiger partial charge in [0.05, 0.1) is 6.04 Å². The van der Waals surface area contributed by atoms with Crippen LogP contribution in [0.4, 0.5) is 0 Å². The Kier molecular flexibility index (Phi) is 4.97. The molecular formula is C13H19ClN2O. The lowest BCUT2D eigenvalue weighted by molar-refractivity contribution is -0.125. The van der Waals surface area contributed by atoms with Crippen LogP contribution in [0, 0.1) is 5.92 Å². The molecule has 1 aromatic rings. The molecule has 0 aromatic heterocycles. The molecule has 3 nitrogen and oxygen atoms in total. The Morgan fingerprint density at radius 1 is 1.35 bits per heavy atom. The molecule has 17 heavy (non-hydrogen) atoms. The van der Waals surface area contributed by atoms with E-state index in [0.29, 0.717) is 5.02 Å². The minimum atomic E-state index is -0.198. The summed E-state index contributed by atoms with van der Waals surface area (Å²) < 4.78 is 0. The number of hydrogen-bond donors (Lipinski definition) is 2. The molecule has 4 heteroatoms. The summed E-state index contributed by atoms with van der Waals surface area (Å²) in [7, 11) is 0. The maximum absolute atomic E-state index is 11.8. The molecule has 1 aromatic carbocycles. The number of nitrogens with one attached hydrogen (secondary N) is 1. The van der Waals surface area contributed by atoms with E-state index < -0.39 is 0 Å². The highest BCUT2D eigenvalue weighted by Crippen LogP contribution is 2.17. The maximum atomic E-state index is 11.8. The Morgan fingerprint density at radius 2 is 2.00 bits per heavy atom. The first-order valence-electron chi connectivity index (χ1n) is 5.73. The van der Waals surface area contributed by atoms with Gasteiger partial charge in [-0.15, -0.1) is 0 Å². The highest BCUT2D eigenvalue weighted by atomic mass is 35.5. The SMILES string of the molecule is CC(N)C(C)C(=O)N[C@H](C)c1cccc(Cl)c1. The van der Waals surface area contributed by atoms with E-state index >= 15 is 0 Å². The smallest absolute Gasteiger partial charge is 0.224 e. The molecule has 0 heterocycles. The van der Waals surface area contributed by atoms with Gasteiger partial charge in [-0.25, -0.2) is 0 Å². The van der Waals surface area contributed by atoms with Crippen molar-refractivity contribution in [2.24, 2.45) is 11.7 Å². The van der Waals surface area contributed by atoms with Crippen molar-refractivity contribution in [1.29, 1.82) is 0 Å². The second-order valence-electron chi connectivity index (χ2n) is 4.43. The van der Waals surface area contributed by atoms with Gasteiger partial charge in [-0.3, -0.25) is 4.79 Å². The Balaban J connectivity index is 2.66. The van der Waals surface area contributed by atoms with E-state index in [4.69, 9.17) is 17.3 Å². The molecule has 0 bridgehead atoms. The van der Waals surface area contributed by atoms with Gasteiger partial charge < -0.3 is 11.1 Å². The number of amides is 1. The summed E-state index contributed by atoms with van der Waals surface area (Å²) in [5.74, 6) is -0.232. The molecule has 0 saturated carbocycles. The predicted octanol–water partition coefficient (Wildman–Crippen LogP) is 2.50. The lowest BCUT2D eigenvalue weighted by atomic mass is 10.0. The summed E-state index contributed by atoms with van der Waals surface area (Å²) in [6.45, 7) is 5.58. The van der Waals surface area contributed by atoms with Crippen LogP contribution >= 0.6 is 11.6 Å². The first kappa shape index (κ1) is 14.0. The van der Waals surface area contributed by atoms with E-state index in [1.54, 1.807) is 0 Å². The van der Waals surface area contributed by atoms with Crippen molar-refractivity contribution in [3.63, 3.8) is 0 Å². The zero-order chi connectivity index (χ0) is 13.0. The number of halogens is 1. The molecule has 0 radical (unpaired) electrons. The first-order valence-corrected chi connectivity index (χ1v) is 6.11. The number of carbonyl (C=O) groups excluding carboxylic acids is 1. The number of nitrogens with two attached hydrogens (primary N) is 1. The second kappa shape index (κ2) is 6.03. The quantitative estimate of drug-likeness (QED) is 0.868. The van der Waals surface area contributed by atoms with Gasteiger partial charge >= 0.3 is 0 Å². The van der Waals surface area contributed by atoms with Crippen molar-refractivity contribution in [3.05, 3.63) is 34.9 Å². The van der Waals surface area contributed by atoms with E-state index in [2.05, 4.69) is 5.32 Å². The van der Waals surface area contributed by atoms with Gasteiger partial charge in [0, 0.05) is 17.0 Å². The molecule has 2 unspecified atom stereocenters. The van der Waals surface area contributed by atoms with E-state index in [1.807, 2.05) is 45.0 Å². The molecule has 94 valence electrons. The largest absolute Gasteiger partial charge is 0.349 e. The zero-order valence-electron chi connectivity index (χ0n) is 10.4. The van der Waals surface area contributed by atoms with Crippen molar-refractivity contribution in [2.75, 3.05) is 0 Å². The van der Waals surface area contributed by atoms with Gasteiger partial charge in [-0.1, -0.05) is 30.7 Å². The zero-order valence-corrected chi connectivity index (χ0v) is 11.2. The predicted molar refractivity (Wildman–Crippen MR) is 70.8 cm³/mol. The van der Waals surface area contributed by atoms with Crippen molar-refractivity contribution >= 4 is 17.5 Å². The van der Waals surface area contributed by atoms with Crippen molar-refractivity contribution in [3.8, 4) is 0 Å². The molecule has 0 fully saturated rings. The van der Waals surface area contributed by atoms with E-state index in [0.717, 1.165) is 5.56 Å². The van der Waals surface area contributed by atoms with E-state index in [-0.39, 0.29) is 23.9 Å². The Labute approximate surface area is 107 Å². The Bertz CT molecular complexity index is 393. The number of rotatable bonds is 4. The molecule has 0 aliphatic rings. The molecule has 3 N–H and O–H groups in total. The van der Waals surface area contributed by atoms with Crippen LogP contribution in [-0.4, -0.2) is 11.9 Å². The standard InChI is InChI=1S/C13H19ClN2O/c1-8(9(2)15)13(17)16-10(3)11-5-4-6-12(14)7-11/h4-10H,15H2,1-3H3,(H,16,17)/t8?,9?,10-/m1/s1. The minimum absolute atomic E-state index is 0.0347. The summed E-state index contributed by atoms with van der Waals surface area (Å²) in [6.07, 6.45) is 0. The van der Waals surface area contributed by atoms with Gasteiger partial charge in [0.1, 0.15) is 0 Å². The van der Waals surface area contributed by atoms with Crippen LogP contribution in [0.15, 0.2) is 24.3 Å². The van der Waals surface area contributed by atoms with Crippen molar-refractivity contribution in [2.45, 2.75) is 32.9 Å². The van der Waals surface area contributed by atoms with Crippen LogP contribution < -0.4 is 11.1 Å². The average molecular weight is 255 g/mol. The summed E-state index contributed by atoms with van der Waals surface area (Å²) in [6, 6.07) is 7.25.